The van der Waals surface area contributed by atoms with Crippen LogP contribution in [0.15, 0.2) is 53.4 Å². The molecular weight excluding hydrogens is 440 g/mol. The lowest BCUT2D eigenvalue weighted by Gasteiger charge is -2.29. The second-order valence-electron chi connectivity index (χ2n) is 8.33. The fraction of sp³-hybridized carbons (Fsp3) is 0.409. The number of carbonyl (C=O) groups excluding carboxylic acids is 1. The first kappa shape index (κ1) is 24.3. The lowest BCUT2D eigenvalue weighted by atomic mass is 9.85. The van der Waals surface area contributed by atoms with Crippen LogP contribution in [-0.2, 0) is 21.0 Å². The third kappa shape index (κ3) is 6.13. The molecule has 3 rings (SSSR count). The molecule has 1 atom stereocenters. The summed E-state index contributed by atoms with van der Waals surface area (Å²) in [5.74, 6) is -0.253. The first-order valence-electron chi connectivity index (χ1n) is 10.5. The molecule has 1 fully saturated rings. The van der Waals surface area contributed by atoms with Gasteiger partial charge in [-0.25, -0.2) is 13.1 Å². The Hall–Kier alpha value is -2.33. The van der Waals surface area contributed by atoms with E-state index in [1.54, 1.807) is 0 Å². The minimum atomic E-state index is -4.52. The number of hydrogen-bond donors (Lipinski definition) is 2. The van der Waals surface area contributed by atoms with Gasteiger partial charge in [0.25, 0.3) is 0 Å². The molecule has 0 radical (unpaired) electrons. The quantitative estimate of drug-likeness (QED) is 0.643. The smallest absolute Gasteiger partial charge is 0.349 e. The largest absolute Gasteiger partial charge is 0.416 e. The Labute approximate surface area is 187 Å². The van der Waals surface area contributed by atoms with Gasteiger partial charge in [0.1, 0.15) is 7.85 Å². The first-order valence-corrected chi connectivity index (χ1v) is 12.0. The number of benzene rings is 2. The molecule has 0 spiro atoms. The molecule has 0 unspecified atom stereocenters. The van der Waals surface area contributed by atoms with Gasteiger partial charge < -0.3 is 5.32 Å². The SMILES string of the molecule is Bc1ccc([C@@H](C)NC(=O)[C@H]2CC[C@H](NS(=O)(=O)c3ccc(C(F)(F)F)cc3)CC2)cc1. The van der Waals surface area contributed by atoms with Crippen LogP contribution in [0.25, 0.3) is 0 Å². The third-order valence-electron chi connectivity index (χ3n) is 5.85. The Morgan fingerprint density at radius 1 is 1.00 bits per heavy atom. The van der Waals surface area contributed by atoms with Crippen LogP contribution < -0.4 is 15.5 Å². The molecule has 1 aliphatic carbocycles. The lowest BCUT2D eigenvalue weighted by molar-refractivity contribution is -0.137. The molecule has 10 heteroatoms. The Kier molecular flexibility index (Phi) is 7.34. The molecule has 1 amide bonds. The van der Waals surface area contributed by atoms with Crippen molar-refractivity contribution < 1.29 is 26.4 Å². The Morgan fingerprint density at radius 3 is 2.09 bits per heavy atom. The van der Waals surface area contributed by atoms with Crippen LogP contribution in [0.5, 0.6) is 0 Å². The average Bonchev–Trinajstić information content (AvgIpc) is 2.74. The van der Waals surface area contributed by atoms with Crippen LogP contribution >= 0.6 is 0 Å². The number of amides is 1. The van der Waals surface area contributed by atoms with Gasteiger partial charge in [-0.15, -0.1) is 0 Å². The van der Waals surface area contributed by atoms with Gasteiger partial charge in [0.05, 0.1) is 16.5 Å². The van der Waals surface area contributed by atoms with Crippen molar-refractivity contribution >= 4 is 29.2 Å². The number of halogens is 3. The molecule has 2 aromatic rings. The van der Waals surface area contributed by atoms with E-state index in [9.17, 15) is 26.4 Å². The van der Waals surface area contributed by atoms with Crippen molar-refractivity contribution in [3.05, 3.63) is 59.7 Å². The second kappa shape index (κ2) is 9.66. The summed E-state index contributed by atoms with van der Waals surface area (Å²) in [5.41, 5.74) is 1.26. The van der Waals surface area contributed by atoms with Gasteiger partial charge in [0, 0.05) is 12.0 Å². The van der Waals surface area contributed by atoms with E-state index in [0.717, 1.165) is 35.3 Å². The topological polar surface area (TPSA) is 75.3 Å². The van der Waals surface area contributed by atoms with Gasteiger partial charge >= 0.3 is 6.18 Å². The van der Waals surface area contributed by atoms with E-state index in [4.69, 9.17) is 0 Å². The van der Waals surface area contributed by atoms with Crippen LogP contribution in [0.1, 0.15) is 49.8 Å². The highest BCUT2D eigenvalue weighted by atomic mass is 32.2. The van der Waals surface area contributed by atoms with E-state index in [2.05, 4.69) is 10.0 Å². The van der Waals surface area contributed by atoms with E-state index in [1.807, 2.05) is 39.0 Å². The highest BCUT2D eigenvalue weighted by Gasteiger charge is 2.32. The van der Waals surface area contributed by atoms with Gasteiger partial charge in [0.15, 0.2) is 0 Å². The maximum absolute atomic E-state index is 12.7. The van der Waals surface area contributed by atoms with Crippen molar-refractivity contribution in [2.75, 3.05) is 0 Å². The molecule has 5 nitrogen and oxygen atoms in total. The molecule has 0 bridgehead atoms. The molecule has 1 aliphatic rings. The fourth-order valence-corrected chi connectivity index (χ4v) is 5.16. The first-order chi connectivity index (χ1) is 15.0. The number of hydrogen-bond acceptors (Lipinski definition) is 3. The van der Waals surface area contributed by atoms with Gasteiger partial charge in [-0.3, -0.25) is 4.79 Å². The van der Waals surface area contributed by atoms with Gasteiger partial charge in [-0.2, -0.15) is 13.2 Å². The highest BCUT2D eigenvalue weighted by Crippen LogP contribution is 2.30. The summed E-state index contributed by atoms with van der Waals surface area (Å²) in [6.07, 6.45) is -2.49. The summed E-state index contributed by atoms with van der Waals surface area (Å²) >= 11 is 0. The standard InChI is InChI=1S/C22H26BF3N2O3S/c1-14(15-2-8-18(23)9-3-15)27-21(29)16-4-10-19(11-5-16)28-32(30,31)20-12-6-17(7-13-20)22(24,25)26/h2-3,6-9,12-14,16,19,28H,4-5,10-11,23H2,1H3,(H,27,29)/t14-,16-,19-/m1/s1. The molecule has 0 aromatic heterocycles. The number of rotatable bonds is 6. The normalized spacial score (nSPS) is 20.5. The highest BCUT2D eigenvalue weighted by molar-refractivity contribution is 7.89. The Balaban J connectivity index is 1.52. The third-order valence-corrected chi connectivity index (χ3v) is 7.38. The number of nitrogens with one attached hydrogen (secondary N) is 2. The zero-order valence-corrected chi connectivity index (χ0v) is 18.8. The van der Waals surface area contributed by atoms with E-state index in [-0.39, 0.29) is 28.8 Å². The van der Waals surface area contributed by atoms with Crippen molar-refractivity contribution in [1.29, 1.82) is 0 Å². The molecule has 0 saturated heterocycles. The second-order valence-corrected chi connectivity index (χ2v) is 10.0. The minimum Gasteiger partial charge on any atom is -0.349 e. The summed E-state index contributed by atoms with van der Waals surface area (Å²) in [4.78, 5) is 12.4. The maximum atomic E-state index is 12.7. The zero-order chi connectivity index (χ0) is 23.5. The number of alkyl halides is 3. The molecule has 1 saturated carbocycles. The van der Waals surface area contributed by atoms with Crippen LogP contribution in [0.4, 0.5) is 13.2 Å². The molecule has 2 N–H and O–H groups in total. The lowest BCUT2D eigenvalue weighted by Crippen LogP contribution is -2.41. The number of sulfonamides is 1. The summed E-state index contributed by atoms with van der Waals surface area (Å²) in [6.45, 7) is 1.92. The molecule has 2 aromatic carbocycles. The van der Waals surface area contributed by atoms with E-state index >= 15 is 0 Å². The molecule has 0 heterocycles. The summed E-state index contributed by atoms with van der Waals surface area (Å²) < 4.78 is 65.7. The van der Waals surface area contributed by atoms with Crippen LogP contribution in [-0.4, -0.2) is 28.2 Å². The molecular formula is C22H26BF3N2O3S. The predicted octanol–water partition coefficient (Wildman–Crippen LogP) is 2.68. The van der Waals surface area contributed by atoms with Crippen molar-refractivity contribution in [2.45, 2.75) is 55.8 Å². The van der Waals surface area contributed by atoms with Gasteiger partial charge in [0.2, 0.25) is 15.9 Å². The predicted molar refractivity (Wildman–Crippen MR) is 119 cm³/mol. The minimum absolute atomic E-state index is 0.0536. The monoisotopic (exact) mass is 466 g/mol. The van der Waals surface area contributed by atoms with Crippen LogP contribution in [0, 0.1) is 5.92 Å². The summed E-state index contributed by atoms with van der Waals surface area (Å²) in [7, 11) is -1.94. The van der Waals surface area contributed by atoms with Crippen molar-refractivity contribution in [1.82, 2.24) is 10.0 Å². The van der Waals surface area contributed by atoms with E-state index in [0.29, 0.717) is 25.7 Å². The molecule has 172 valence electrons. The average molecular weight is 466 g/mol. The number of carbonyl (C=O) groups is 1. The molecule has 0 aliphatic heterocycles. The van der Waals surface area contributed by atoms with Gasteiger partial charge in [-0.05, 0) is 62.4 Å². The van der Waals surface area contributed by atoms with Crippen molar-refractivity contribution in [3.63, 3.8) is 0 Å². The van der Waals surface area contributed by atoms with Crippen molar-refractivity contribution in [2.24, 2.45) is 5.92 Å². The summed E-state index contributed by atoms with van der Waals surface area (Å²) in [5, 5.41) is 3.02. The molecule has 32 heavy (non-hydrogen) atoms. The Bertz CT molecular complexity index is 1030. The Morgan fingerprint density at radius 2 is 1.56 bits per heavy atom. The van der Waals surface area contributed by atoms with E-state index in [1.165, 1.54) is 0 Å². The van der Waals surface area contributed by atoms with Crippen LogP contribution in [0.3, 0.4) is 0 Å². The maximum Gasteiger partial charge on any atom is 0.416 e. The van der Waals surface area contributed by atoms with Crippen LogP contribution in [0.2, 0.25) is 0 Å². The summed E-state index contributed by atoms with van der Waals surface area (Å²) in [6, 6.07) is 10.9. The zero-order valence-electron chi connectivity index (χ0n) is 17.9. The van der Waals surface area contributed by atoms with Crippen molar-refractivity contribution in [3.8, 4) is 0 Å². The van der Waals surface area contributed by atoms with Gasteiger partial charge in [-0.1, -0.05) is 29.7 Å². The van der Waals surface area contributed by atoms with E-state index < -0.39 is 21.8 Å². The fourth-order valence-electron chi connectivity index (χ4n) is 3.85.